The highest BCUT2D eigenvalue weighted by Crippen LogP contribution is 2.22. The number of nitrogens with zero attached hydrogens (tertiary/aromatic N) is 2. The van der Waals surface area contributed by atoms with E-state index in [1.54, 1.807) is 6.07 Å². The lowest BCUT2D eigenvalue weighted by Crippen LogP contribution is -2.36. The van der Waals surface area contributed by atoms with Crippen LogP contribution < -0.4 is 21.1 Å². The quantitative estimate of drug-likeness (QED) is 0.234. The van der Waals surface area contributed by atoms with Crippen LogP contribution in [0.5, 0.6) is 5.75 Å². The van der Waals surface area contributed by atoms with Gasteiger partial charge in [0.05, 0.1) is 18.8 Å². The van der Waals surface area contributed by atoms with Crippen molar-refractivity contribution in [1.29, 1.82) is 0 Å². The number of carbonyl (C=O) groups excluding carboxylic acids is 1. The van der Waals surface area contributed by atoms with E-state index >= 15 is 0 Å². The summed E-state index contributed by atoms with van der Waals surface area (Å²) in [5, 5.41) is 10.7. The van der Waals surface area contributed by atoms with Crippen LogP contribution in [0.25, 0.3) is 0 Å². The van der Waals surface area contributed by atoms with Gasteiger partial charge in [0, 0.05) is 18.5 Å². The third-order valence-electron chi connectivity index (χ3n) is 4.45. The van der Waals surface area contributed by atoms with Crippen molar-refractivity contribution < 1.29 is 14.1 Å². The molecule has 0 unspecified atom stereocenters. The molecule has 9 heteroatoms. The number of hydrogen-bond acceptors (Lipinski definition) is 5. The first kappa shape index (κ1) is 25.7. The molecule has 0 aliphatic rings. The Labute approximate surface area is 195 Å². The van der Waals surface area contributed by atoms with E-state index in [9.17, 15) is 4.79 Å². The van der Waals surface area contributed by atoms with E-state index in [0.29, 0.717) is 30.7 Å². The van der Waals surface area contributed by atoms with Gasteiger partial charge in [-0.1, -0.05) is 31.1 Å². The van der Waals surface area contributed by atoms with Crippen molar-refractivity contribution in [2.24, 2.45) is 10.7 Å². The Bertz CT molecular complexity index is 805. The predicted molar refractivity (Wildman–Crippen MR) is 128 cm³/mol. The van der Waals surface area contributed by atoms with Crippen molar-refractivity contribution in [3.63, 3.8) is 0 Å². The molecule has 0 saturated carbocycles. The maximum absolute atomic E-state index is 10.9. The number of aliphatic imine (C=N–C) groups is 1. The molecule has 30 heavy (non-hydrogen) atoms. The van der Waals surface area contributed by atoms with E-state index in [0.717, 1.165) is 36.4 Å². The molecular weight excluding hydrogens is 497 g/mol. The number of hydrogen-bond donors (Lipinski definition) is 3. The molecular formula is C21H32IN5O3. The number of amides is 1. The first-order chi connectivity index (χ1) is 14.0. The van der Waals surface area contributed by atoms with Crippen LogP contribution in [0.3, 0.4) is 0 Å². The van der Waals surface area contributed by atoms with Crippen LogP contribution in [-0.2, 0) is 17.9 Å². The van der Waals surface area contributed by atoms with Crippen molar-refractivity contribution in [2.45, 2.75) is 52.6 Å². The number of ether oxygens (including phenoxy) is 1. The monoisotopic (exact) mass is 529 g/mol. The zero-order chi connectivity index (χ0) is 21.1. The molecule has 0 atom stereocenters. The molecule has 0 radical (unpaired) electrons. The molecule has 4 N–H and O–H groups in total. The first-order valence-electron chi connectivity index (χ1n) is 10.0. The Hall–Kier alpha value is -2.30. The Morgan fingerprint density at radius 2 is 2.00 bits per heavy atom. The van der Waals surface area contributed by atoms with Gasteiger partial charge in [0.25, 0.3) is 5.91 Å². The number of primary amides is 1. The number of carbonyl (C=O) groups is 1. The third kappa shape index (κ3) is 8.60. The Morgan fingerprint density at radius 3 is 2.67 bits per heavy atom. The minimum atomic E-state index is -0.508. The van der Waals surface area contributed by atoms with Gasteiger partial charge >= 0.3 is 0 Å². The van der Waals surface area contributed by atoms with E-state index in [1.165, 1.54) is 0 Å². The summed E-state index contributed by atoms with van der Waals surface area (Å²) >= 11 is 0. The molecule has 0 bridgehead atoms. The number of nitrogens with two attached hydrogens (primary N) is 1. The van der Waals surface area contributed by atoms with Gasteiger partial charge in [-0.05, 0) is 37.5 Å². The number of aromatic nitrogens is 1. The largest absolute Gasteiger partial charge is 0.484 e. The van der Waals surface area contributed by atoms with Gasteiger partial charge in [-0.25, -0.2) is 4.99 Å². The van der Waals surface area contributed by atoms with Gasteiger partial charge in [0.15, 0.2) is 18.3 Å². The second-order valence-electron chi connectivity index (χ2n) is 6.68. The number of halogens is 1. The molecule has 2 aromatic rings. The molecule has 0 aliphatic carbocycles. The smallest absolute Gasteiger partial charge is 0.255 e. The van der Waals surface area contributed by atoms with Crippen molar-refractivity contribution in [3.05, 3.63) is 47.3 Å². The second-order valence-corrected chi connectivity index (χ2v) is 6.68. The van der Waals surface area contributed by atoms with E-state index < -0.39 is 5.91 Å². The molecule has 2 rings (SSSR count). The first-order valence-corrected chi connectivity index (χ1v) is 10.0. The summed E-state index contributed by atoms with van der Waals surface area (Å²) in [7, 11) is 0. The topological polar surface area (TPSA) is 115 Å². The second kappa shape index (κ2) is 13.8. The van der Waals surface area contributed by atoms with Gasteiger partial charge in [0.2, 0.25) is 0 Å². The summed E-state index contributed by atoms with van der Waals surface area (Å²) in [6.45, 7) is 7.87. The lowest BCUT2D eigenvalue weighted by molar-refractivity contribution is -0.119. The zero-order valence-corrected chi connectivity index (χ0v) is 20.1. The third-order valence-corrected chi connectivity index (χ3v) is 4.45. The summed E-state index contributed by atoms with van der Waals surface area (Å²) in [6.07, 6.45) is 2.09. The van der Waals surface area contributed by atoms with Crippen molar-refractivity contribution in [1.82, 2.24) is 15.8 Å². The highest BCUT2D eigenvalue weighted by molar-refractivity contribution is 14.0. The van der Waals surface area contributed by atoms with Gasteiger partial charge < -0.3 is 25.6 Å². The standard InChI is InChI=1S/C21H31N5O3.HI/c1-4-16(5-2)19-11-18(29-26-19)13-25-21(23-6-3)24-12-15-8-7-9-17(10-15)28-14-20(22)27;/h7-11,16H,4-6,12-14H2,1-3H3,(H2,22,27)(H2,23,24,25);1H. The summed E-state index contributed by atoms with van der Waals surface area (Å²) in [6, 6.07) is 9.43. The van der Waals surface area contributed by atoms with Gasteiger partial charge in [0.1, 0.15) is 5.75 Å². The zero-order valence-electron chi connectivity index (χ0n) is 17.8. The number of nitrogens with one attached hydrogen (secondary N) is 2. The highest BCUT2D eigenvalue weighted by atomic mass is 127. The van der Waals surface area contributed by atoms with Crippen LogP contribution in [0.2, 0.25) is 0 Å². The van der Waals surface area contributed by atoms with Crippen LogP contribution in [-0.4, -0.2) is 30.2 Å². The average molecular weight is 529 g/mol. The fourth-order valence-corrected chi connectivity index (χ4v) is 2.88. The predicted octanol–water partition coefficient (Wildman–Crippen LogP) is 3.32. The SMILES string of the molecule is CCNC(=NCc1cccc(OCC(N)=O)c1)NCc1cc(C(CC)CC)no1.I. The Morgan fingerprint density at radius 1 is 1.23 bits per heavy atom. The maximum atomic E-state index is 10.9. The van der Waals surface area contributed by atoms with Crippen LogP contribution in [0, 0.1) is 0 Å². The summed E-state index contributed by atoms with van der Waals surface area (Å²) in [4.78, 5) is 15.4. The fraction of sp³-hybridized carbons (Fsp3) is 0.476. The molecule has 1 heterocycles. The van der Waals surface area contributed by atoms with E-state index in [2.05, 4.69) is 34.6 Å². The highest BCUT2D eigenvalue weighted by Gasteiger charge is 2.13. The molecule has 0 saturated heterocycles. The van der Waals surface area contributed by atoms with Crippen LogP contribution in [0.4, 0.5) is 0 Å². The molecule has 0 fully saturated rings. The van der Waals surface area contributed by atoms with Crippen molar-refractivity contribution >= 4 is 35.8 Å². The minimum absolute atomic E-state index is 0. The lowest BCUT2D eigenvalue weighted by Gasteiger charge is -2.10. The maximum Gasteiger partial charge on any atom is 0.255 e. The molecule has 0 aliphatic heterocycles. The van der Waals surface area contributed by atoms with Crippen molar-refractivity contribution in [3.8, 4) is 5.75 Å². The number of guanidine groups is 1. The minimum Gasteiger partial charge on any atom is -0.484 e. The average Bonchev–Trinajstić information content (AvgIpc) is 3.18. The van der Waals surface area contributed by atoms with Crippen LogP contribution in [0.1, 0.15) is 56.5 Å². The molecule has 0 spiro atoms. The molecule has 1 aromatic heterocycles. The molecule has 1 aromatic carbocycles. The Balaban J connectivity index is 0.00000450. The van der Waals surface area contributed by atoms with Gasteiger partial charge in [-0.2, -0.15) is 0 Å². The van der Waals surface area contributed by atoms with Crippen LogP contribution >= 0.6 is 24.0 Å². The van der Waals surface area contributed by atoms with Crippen molar-refractivity contribution in [2.75, 3.05) is 13.2 Å². The molecule has 8 nitrogen and oxygen atoms in total. The fourth-order valence-electron chi connectivity index (χ4n) is 2.88. The lowest BCUT2D eigenvalue weighted by atomic mass is 9.99. The summed E-state index contributed by atoms with van der Waals surface area (Å²) < 4.78 is 10.8. The van der Waals surface area contributed by atoms with E-state index in [-0.39, 0.29) is 30.6 Å². The van der Waals surface area contributed by atoms with Gasteiger partial charge in [-0.15, -0.1) is 24.0 Å². The van der Waals surface area contributed by atoms with Gasteiger partial charge in [-0.3, -0.25) is 4.79 Å². The van der Waals surface area contributed by atoms with E-state index in [1.807, 2.05) is 31.2 Å². The van der Waals surface area contributed by atoms with Crippen LogP contribution in [0.15, 0.2) is 39.8 Å². The Kier molecular flexibility index (Phi) is 11.9. The number of rotatable bonds is 11. The molecule has 1 amide bonds. The molecule has 166 valence electrons. The number of benzene rings is 1. The summed E-state index contributed by atoms with van der Waals surface area (Å²) in [5.74, 6) is 1.96. The normalized spacial score (nSPS) is 11.1. The van der Waals surface area contributed by atoms with E-state index in [4.69, 9.17) is 15.0 Å². The summed E-state index contributed by atoms with van der Waals surface area (Å²) in [5.41, 5.74) is 7.07.